The zero-order chi connectivity index (χ0) is 16.8. The molecule has 2 heterocycles. The lowest BCUT2D eigenvalue weighted by atomic mass is 10.1. The average molecular weight is 357 g/mol. The highest BCUT2D eigenvalue weighted by Gasteiger charge is 2.43. The van der Waals surface area contributed by atoms with Gasteiger partial charge in [0.2, 0.25) is 15.9 Å². The van der Waals surface area contributed by atoms with Crippen molar-refractivity contribution in [1.29, 1.82) is 0 Å². The molecule has 23 heavy (non-hydrogen) atoms. The zero-order valence-corrected chi connectivity index (χ0v) is 14.2. The fourth-order valence-corrected chi connectivity index (χ4v) is 5.05. The van der Waals surface area contributed by atoms with Gasteiger partial charge in [0, 0.05) is 18.7 Å². The fourth-order valence-electron chi connectivity index (χ4n) is 2.97. The lowest BCUT2D eigenvalue weighted by Crippen LogP contribution is -2.31. The normalized spacial score (nSPS) is 23.6. The summed E-state index contributed by atoms with van der Waals surface area (Å²) in [5, 5.41) is 0.133. The second-order valence-electron chi connectivity index (χ2n) is 5.95. The Balaban J connectivity index is 2.01. The number of hydrogen-bond donors (Lipinski definition) is 0. The molecule has 0 aromatic heterocycles. The molecule has 1 aromatic rings. The summed E-state index contributed by atoms with van der Waals surface area (Å²) in [4.78, 5) is 26.4. The number of anilines is 1. The van der Waals surface area contributed by atoms with Gasteiger partial charge in [-0.05, 0) is 31.0 Å². The molecule has 0 aliphatic carbocycles. The zero-order valence-electron chi connectivity index (χ0n) is 12.7. The maximum atomic E-state index is 12.5. The fraction of sp³-hybridized carbons (Fsp3) is 0.467. The third-order valence-electron chi connectivity index (χ3n) is 4.17. The molecule has 0 saturated carbocycles. The molecule has 2 aliphatic heterocycles. The van der Waals surface area contributed by atoms with Gasteiger partial charge in [-0.15, -0.1) is 0 Å². The van der Waals surface area contributed by atoms with Crippen LogP contribution in [-0.2, 0) is 14.8 Å². The molecular weight excluding hydrogens is 340 g/mol. The van der Waals surface area contributed by atoms with Gasteiger partial charge in [0.1, 0.15) is 0 Å². The first kappa shape index (κ1) is 16.3. The summed E-state index contributed by atoms with van der Waals surface area (Å²) < 4.78 is 25.2. The van der Waals surface area contributed by atoms with Gasteiger partial charge in [-0.25, -0.2) is 12.7 Å². The highest BCUT2D eigenvalue weighted by atomic mass is 35.5. The maximum Gasteiger partial charge on any atom is 0.253 e. The van der Waals surface area contributed by atoms with Crippen molar-refractivity contribution in [2.75, 3.05) is 23.1 Å². The first-order valence-corrected chi connectivity index (χ1v) is 9.45. The molecule has 8 heteroatoms. The number of amides is 2. The second kappa shape index (κ2) is 5.79. The molecule has 0 spiro atoms. The SMILES string of the molecule is CC1CS(=O)(=O)N(c2cc(C(=O)N3CCCC3)ccc2Cl)C1=O. The Hall–Kier alpha value is -1.60. The number of benzene rings is 1. The van der Waals surface area contributed by atoms with E-state index in [0.29, 0.717) is 18.7 Å². The monoisotopic (exact) mass is 356 g/mol. The van der Waals surface area contributed by atoms with E-state index in [9.17, 15) is 18.0 Å². The summed E-state index contributed by atoms with van der Waals surface area (Å²) in [6.07, 6.45) is 1.92. The molecule has 2 saturated heterocycles. The summed E-state index contributed by atoms with van der Waals surface area (Å²) >= 11 is 6.10. The molecule has 3 rings (SSSR count). The van der Waals surface area contributed by atoms with Crippen molar-refractivity contribution in [2.24, 2.45) is 5.92 Å². The van der Waals surface area contributed by atoms with Crippen LogP contribution in [0.2, 0.25) is 5.02 Å². The van der Waals surface area contributed by atoms with Gasteiger partial charge in [0.05, 0.1) is 22.4 Å². The van der Waals surface area contributed by atoms with Crippen molar-refractivity contribution in [3.63, 3.8) is 0 Å². The maximum absolute atomic E-state index is 12.5. The minimum Gasteiger partial charge on any atom is -0.339 e. The number of rotatable bonds is 2. The van der Waals surface area contributed by atoms with Crippen LogP contribution in [0.15, 0.2) is 18.2 Å². The van der Waals surface area contributed by atoms with Crippen LogP contribution in [0.5, 0.6) is 0 Å². The van der Waals surface area contributed by atoms with E-state index >= 15 is 0 Å². The van der Waals surface area contributed by atoms with E-state index in [1.54, 1.807) is 17.9 Å². The molecular formula is C15H17ClN2O4S. The van der Waals surface area contributed by atoms with Gasteiger partial charge in [0.25, 0.3) is 5.91 Å². The third-order valence-corrected chi connectivity index (χ3v) is 6.34. The molecule has 0 N–H and O–H groups in total. The second-order valence-corrected chi connectivity index (χ2v) is 8.22. The first-order valence-electron chi connectivity index (χ1n) is 7.47. The predicted octanol–water partition coefficient (Wildman–Crippen LogP) is 1.89. The summed E-state index contributed by atoms with van der Waals surface area (Å²) in [6.45, 7) is 2.94. The smallest absolute Gasteiger partial charge is 0.253 e. The number of carbonyl (C=O) groups excluding carboxylic acids is 2. The topological polar surface area (TPSA) is 74.8 Å². The van der Waals surface area contributed by atoms with Crippen molar-refractivity contribution in [2.45, 2.75) is 19.8 Å². The Morgan fingerprint density at radius 2 is 1.91 bits per heavy atom. The molecule has 6 nitrogen and oxygen atoms in total. The molecule has 124 valence electrons. The Labute approximate surface area is 140 Å². The van der Waals surface area contributed by atoms with Crippen LogP contribution in [0.3, 0.4) is 0 Å². The van der Waals surface area contributed by atoms with Gasteiger partial charge in [0.15, 0.2) is 0 Å². The van der Waals surface area contributed by atoms with Crippen LogP contribution in [0, 0.1) is 5.92 Å². The number of halogens is 1. The lowest BCUT2D eigenvalue weighted by molar-refractivity contribution is -0.119. The molecule has 2 fully saturated rings. The van der Waals surface area contributed by atoms with Crippen LogP contribution >= 0.6 is 11.6 Å². The largest absolute Gasteiger partial charge is 0.339 e. The van der Waals surface area contributed by atoms with Crippen molar-refractivity contribution in [3.05, 3.63) is 28.8 Å². The molecule has 2 aliphatic rings. The summed E-state index contributed by atoms with van der Waals surface area (Å²) in [7, 11) is -3.75. The van der Waals surface area contributed by atoms with Crippen LogP contribution in [0.4, 0.5) is 5.69 Å². The number of carbonyl (C=O) groups is 2. The molecule has 1 aromatic carbocycles. The number of hydrogen-bond acceptors (Lipinski definition) is 4. The van der Waals surface area contributed by atoms with E-state index in [4.69, 9.17) is 11.6 Å². The molecule has 1 unspecified atom stereocenters. The van der Waals surface area contributed by atoms with E-state index in [-0.39, 0.29) is 22.4 Å². The van der Waals surface area contributed by atoms with E-state index in [0.717, 1.165) is 17.1 Å². The molecule has 0 bridgehead atoms. The van der Waals surface area contributed by atoms with Gasteiger partial charge in [-0.1, -0.05) is 18.5 Å². The Kier molecular flexibility index (Phi) is 4.10. The molecule has 2 amide bonds. The van der Waals surface area contributed by atoms with E-state index in [1.807, 2.05) is 0 Å². The van der Waals surface area contributed by atoms with Crippen molar-refractivity contribution in [1.82, 2.24) is 4.90 Å². The average Bonchev–Trinajstić information content (AvgIpc) is 3.07. The first-order chi connectivity index (χ1) is 10.8. The van der Waals surface area contributed by atoms with Crippen LogP contribution in [0.25, 0.3) is 0 Å². The van der Waals surface area contributed by atoms with Gasteiger partial charge in [-0.3, -0.25) is 9.59 Å². The van der Waals surface area contributed by atoms with Crippen LogP contribution in [-0.4, -0.2) is 44.0 Å². The van der Waals surface area contributed by atoms with E-state index in [2.05, 4.69) is 0 Å². The quantitative estimate of drug-likeness (QED) is 0.811. The highest BCUT2D eigenvalue weighted by Crippen LogP contribution is 2.34. The minimum atomic E-state index is -3.75. The number of sulfonamides is 1. The van der Waals surface area contributed by atoms with Gasteiger partial charge >= 0.3 is 0 Å². The Morgan fingerprint density at radius 1 is 1.26 bits per heavy atom. The van der Waals surface area contributed by atoms with E-state index < -0.39 is 21.8 Å². The number of nitrogens with zero attached hydrogens (tertiary/aromatic N) is 2. The van der Waals surface area contributed by atoms with Gasteiger partial charge < -0.3 is 4.90 Å². The predicted molar refractivity (Wildman–Crippen MR) is 87.0 cm³/mol. The van der Waals surface area contributed by atoms with Crippen molar-refractivity contribution < 1.29 is 18.0 Å². The minimum absolute atomic E-state index is 0.0612. The highest BCUT2D eigenvalue weighted by molar-refractivity contribution is 7.94. The van der Waals surface area contributed by atoms with Gasteiger partial charge in [-0.2, -0.15) is 0 Å². The third kappa shape index (κ3) is 2.83. The Morgan fingerprint density at radius 3 is 2.48 bits per heavy atom. The number of likely N-dealkylation sites (tertiary alicyclic amines) is 1. The van der Waals surface area contributed by atoms with E-state index in [1.165, 1.54) is 12.1 Å². The van der Waals surface area contributed by atoms with Crippen LogP contribution in [0.1, 0.15) is 30.1 Å². The molecule has 0 radical (unpaired) electrons. The Bertz CT molecular complexity index is 772. The van der Waals surface area contributed by atoms with Crippen molar-refractivity contribution in [3.8, 4) is 0 Å². The summed E-state index contributed by atoms with van der Waals surface area (Å²) in [5.41, 5.74) is 0.403. The van der Waals surface area contributed by atoms with Crippen molar-refractivity contribution >= 4 is 39.1 Å². The summed E-state index contributed by atoms with van der Waals surface area (Å²) in [5.74, 6) is -1.55. The lowest BCUT2D eigenvalue weighted by Gasteiger charge is -2.20. The molecule has 1 atom stereocenters. The standard InChI is InChI=1S/C15H17ClN2O4S/c1-10-9-23(21,22)18(14(10)19)13-8-11(4-5-12(13)16)15(20)17-6-2-3-7-17/h4-5,8,10H,2-3,6-7,9H2,1H3. The summed E-state index contributed by atoms with van der Waals surface area (Å²) in [6, 6.07) is 4.42. The van der Waals surface area contributed by atoms with Crippen LogP contribution < -0.4 is 4.31 Å².